The van der Waals surface area contributed by atoms with Crippen LogP contribution in [-0.4, -0.2) is 14.6 Å². The lowest BCUT2D eigenvalue weighted by atomic mass is 10.2. The van der Waals surface area contributed by atoms with E-state index in [-0.39, 0.29) is 10.6 Å². The molecular weight excluding hydrogens is 485 g/mol. The van der Waals surface area contributed by atoms with E-state index in [1.54, 1.807) is 30.3 Å². The number of aryl methyl sites for hydroxylation is 1. The Morgan fingerprint density at radius 3 is 2.36 bits per heavy atom. The summed E-state index contributed by atoms with van der Waals surface area (Å²) < 4.78 is 31.3. The summed E-state index contributed by atoms with van der Waals surface area (Å²) in [5.74, 6) is 0.154. The van der Waals surface area contributed by atoms with Gasteiger partial charge in [0.25, 0.3) is 0 Å². The summed E-state index contributed by atoms with van der Waals surface area (Å²) in [7, 11) is -4.02. The van der Waals surface area contributed by atoms with Crippen LogP contribution in [0.4, 0.5) is 5.69 Å². The molecule has 0 aromatic heterocycles. The van der Waals surface area contributed by atoms with E-state index in [9.17, 15) is 8.42 Å². The minimum Gasteiger partial charge on any atom is -0.378 e. The maximum absolute atomic E-state index is 12.6. The third-order valence-corrected chi connectivity index (χ3v) is 6.02. The molecule has 3 aromatic rings. The second kappa shape index (κ2) is 8.66. The van der Waals surface area contributed by atoms with Crippen molar-refractivity contribution in [1.82, 2.24) is 0 Å². The minimum atomic E-state index is -4.02. The highest BCUT2D eigenvalue weighted by atomic mass is 79.9. The van der Waals surface area contributed by atoms with Gasteiger partial charge in [-0.1, -0.05) is 45.2 Å². The number of benzene rings is 3. The van der Waals surface area contributed by atoms with Crippen LogP contribution in [0.15, 0.2) is 75.0 Å². The van der Waals surface area contributed by atoms with Gasteiger partial charge in [0.05, 0.1) is 5.69 Å². The number of halogens is 3. The highest BCUT2D eigenvalue weighted by molar-refractivity contribution is 9.10. The van der Waals surface area contributed by atoms with E-state index in [0.29, 0.717) is 21.3 Å². The van der Waals surface area contributed by atoms with E-state index in [2.05, 4.69) is 20.9 Å². The van der Waals surface area contributed by atoms with Gasteiger partial charge in [-0.2, -0.15) is 8.42 Å². The molecule has 0 radical (unpaired) electrons. The molecule has 0 saturated carbocycles. The molecular formula is C20H14BrCl2NO3S. The summed E-state index contributed by atoms with van der Waals surface area (Å²) in [4.78, 5) is 4.44. The maximum Gasteiger partial charge on any atom is 0.339 e. The molecule has 8 heteroatoms. The van der Waals surface area contributed by atoms with Crippen molar-refractivity contribution in [2.45, 2.75) is 11.8 Å². The third-order valence-electron chi connectivity index (χ3n) is 3.79. The number of hydrogen-bond acceptors (Lipinski definition) is 4. The van der Waals surface area contributed by atoms with Gasteiger partial charge in [-0.15, -0.1) is 0 Å². The normalized spacial score (nSPS) is 11.7. The summed E-state index contributed by atoms with van der Waals surface area (Å²) in [5, 5.41) is 1.00. The summed E-state index contributed by atoms with van der Waals surface area (Å²) in [6.45, 7) is 1.91. The Kier molecular flexibility index (Phi) is 6.45. The van der Waals surface area contributed by atoms with E-state index in [0.717, 1.165) is 10.0 Å². The van der Waals surface area contributed by atoms with Gasteiger partial charge in [0.15, 0.2) is 5.75 Å². The van der Waals surface area contributed by atoms with Gasteiger partial charge in [0.2, 0.25) is 0 Å². The molecule has 0 bridgehead atoms. The van der Waals surface area contributed by atoms with E-state index in [4.69, 9.17) is 27.4 Å². The van der Waals surface area contributed by atoms with Crippen molar-refractivity contribution in [2.24, 2.45) is 4.99 Å². The molecule has 144 valence electrons. The maximum atomic E-state index is 12.6. The van der Waals surface area contributed by atoms with Crippen molar-refractivity contribution in [3.05, 3.63) is 86.3 Å². The molecule has 0 N–H and O–H groups in total. The van der Waals surface area contributed by atoms with Gasteiger partial charge in [-0.3, -0.25) is 4.99 Å². The molecule has 0 spiro atoms. The zero-order valence-corrected chi connectivity index (χ0v) is 18.5. The Labute approximate surface area is 182 Å². The third kappa shape index (κ3) is 5.14. The quantitative estimate of drug-likeness (QED) is 0.294. The first-order chi connectivity index (χ1) is 13.2. The molecule has 0 saturated heterocycles. The van der Waals surface area contributed by atoms with Crippen molar-refractivity contribution < 1.29 is 12.6 Å². The largest absolute Gasteiger partial charge is 0.378 e. The Morgan fingerprint density at radius 1 is 0.964 bits per heavy atom. The first kappa shape index (κ1) is 20.9. The highest BCUT2D eigenvalue weighted by Gasteiger charge is 2.18. The van der Waals surface area contributed by atoms with E-state index >= 15 is 0 Å². The Morgan fingerprint density at radius 2 is 1.64 bits per heavy atom. The molecule has 0 aliphatic carbocycles. The predicted octanol–water partition coefficient (Wildman–Crippen LogP) is 6.58. The molecule has 0 atom stereocenters. The standard InChI is InChI=1S/C20H14BrCl2NO3S/c1-13-2-4-17(23)11-19(13)24-12-14-10-15(21)3-9-20(14)27-28(25,26)18-7-5-16(22)6-8-18/h2-12H,1H3. The summed E-state index contributed by atoms with van der Waals surface area (Å²) in [5.41, 5.74) is 2.11. The molecule has 0 heterocycles. The van der Waals surface area contributed by atoms with Crippen molar-refractivity contribution in [2.75, 3.05) is 0 Å². The molecule has 0 fully saturated rings. The van der Waals surface area contributed by atoms with Gasteiger partial charge in [0, 0.05) is 26.3 Å². The first-order valence-electron chi connectivity index (χ1n) is 8.04. The van der Waals surface area contributed by atoms with Crippen molar-refractivity contribution in [1.29, 1.82) is 0 Å². The topological polar surface area (TPSA) is 55.7 Å². The van der Waals surface area contributed by atoms with Crippen molar-refractivity contribution in [3.63, 3.8) is 0 Å². The van der Waals surface area contributed by atoms with Gasteiger partial charge in [-0.25, -0.2) is 0 Å². The van der Waals surface area contributed by atoms with Crippen LogP contribution in [0.2, 0.25) is 10.0 Å². The average molecular weight is 499 g/mol. The molecule has 4 nitrogen and oxygen atoms in total. The average Bonchev–Trinajstić information content (AvgIpc) is 2.64. The minimum absolute atomic E-state index is 0.00777. The van der Waals surface area contributed by atoms with E-state index in [1.165, 1.54) is 30.5 Å². The van der Waals surface area contributed by atoms with Crippen LogP contribution < -0.4 is 4.18 Å². The van der Waals surface area contributed by atoms with Crippen LogP contribution in [0.5, 0.6) is 5.75 Å². The SMILES string of the molecule is Cc1ccc(Cl)cc1N=Cc1cc(Br)ccc1OS(=O)(=O)c1ccc(Cl)cc1. The molecule has 3 aromatic carbocycles. The lowest BCUT2D eigenvalue weighted by Gasteiger charge is -2.10. The van der Waals surface area contributed by atoms with Crippen LogP contribution >= 0.6 is 39.1 Å². The van der Waals surface area contributed by atoms with Gasteiger partial charge < -0.3 is 4.18 Å². The van der Waals surface area contributed by atoms with Gasteiger partial charge >= 0.3 is 10.1 Å². The summed E-state index contributed by atoms with van der Waals surface area (Å²) in [6, 6.07) is 16.1. The van der Waals surface area contributed by atoms with E-state index < -0.39 is 10.1 Å². The zero-order valence-electron chi connectivity index (χ0n) is 14.6. The molecule has 0 amide bonds. The van der Waals surface area contributed by atoms with Gasteiger partial charge in [0.1, 0.15) is 4.90 Å². The Balaban J connectivity index is 1.96. The van der Waals surface area contributed by atoms with Crippen LogP contribution in [-0.2, 0) is 10.1 Å². The van der Waals surface area contributed by atoms with Crippen molar-refractivity contribution in [3.8, 4) is 5.75 Å². The van der Waals surface area contributed by atoms with Crippen LogP contribution in [0.3, 0.4) is 0 Å². The molecule has 0 aliphatic heterocycles. The monoisotopic (exact) mass is 497 g/mol. The van der Waals surface area contributed by atoms with Crippen molar-refractivity contribution >= 4 is 61.2 Å². The number of nitrogens with zero attached hydrogens (tertiary/aromatic N) is 1. The molecule has 0 aliphatic rings. The lowest BCUT2D eigenvalue weighted by Crippen LogP contribution is -2.10. The lowest BCUT2D eigenvalue weighted by molar-refractivity contribution is 0.485. The number of rotatable bonds is 5. The smallest absolute Gasteiger partial charge is 0.339 e. The summed E-state index contributed by atoms with van der Waals surface area (Å²) in [6.07, 6.45) is 1.54. The highest BCUT2D eigenvalue weighted by Crippen LogP contribution is 2.28. The number of hydrogen-bond donors (Lipinski definition) is 0. The number of aliphatic imine (C=N–C) groups is 1. The Hall–Kier alpha value is -1.86. The second-order valence-corrected chi connectivity index (χ2v) is 9.20. The van der Waals surface area contributed by atoms with Crippen LogP contribution in [0, 0.1) is 6.92 Å². The zero-order chi connectivity index (χ0) is 20.3. The Bertz CT molecular complexity index is 1150. The second-order valence-electron chi connectivity index (χ2n) is 5.86. The fourth-order valence-corrected chi connectivity index (χ4v) is 3.95. The van der Waals surface area contributed by atoms with E-state index in [1.807, 2.05) is 13.0 Å². The molecule has 0 unspecified atom stereocenters. The first-order valence-corrected chi connectivity index (χ1v) is 11.0. The van der Waals surface area contributed by atoms with Gasteiger partial charge in [-0.05, 0) is 67.1 Å². The van der Waals surface area contributed by atoms with Crippen LogP contribution in [0.25, 0.3) is 0 Å². The van der Waals surface area contributed by atoms with Crippen LogP contribution in [0.1, 0.15) is 11.1 Å². The molecule has 28 heavy (non-hydrogen) atoms. The summed E-state index contributed by atoms with van der Waals surface area (Å²) >= 11 is 15.2. The fourth-order valence-electron chi connectivity index (χ4n) is 2.32. The molecule has 3 rings (SSSR count). The predicted molar refractivity (Wildman–Crippen MR) is 117 cm³/mol. The fraction of sp³-hybridized carbons (Fsp3) is 0.0500.